The lowest BCUT2D eigenvalue weighted by atomic mass is 10.0. The van der Waals surface area contributed by atoms with E-state index in [1.807, 2.05) is 49.4 Å². The molecule has 0 atom stereocenters. The highest BCUT2D eigenvalue weighted by molar-refractivity contribution is 5.68. The second-order valence-corrected chi connectivity index (χ2v) is 4.02. The van der Waals surface area contributed by atoms with Gasteiger partial charge in [0.2, 0.25) is 0 Å². The maximum absolute atomic E-state index is 5.50. The van der Waals surface area contributed by atoms with E-state index >= 15 is 0 Å². The summed E-state index contributed by atoms with van der Waals surface area (Å²) in [5, 5.41) is 0. The summed E-state index contributed by atoms with van der Waals surface area (Å²) in [5.74, 6) is 4.21. The summed E-state index contributed by atoms with van der Waals surface area (Å²) in [6, 6.07) is 13.8. The third-order valence-electron chi connectivity index (χ3n) is 2.83. The number of hydrogen-bond acceptors (Lipinski definition) is 2. The molecule has 2 heteroatoms. The Morgan fingerprint density at radius 3 is 2.58 bits per heavy atom. The number of hydrogen-bond donors (Lipinski definition) is 0. The Hall–Kier alpha value is -2.40. The van der Waals surface area contributed by atoms with Crippen molar-refractivity contribution >= 4 is 0 Å². The van der Waals surface area contributed by atoms with Crippen molar-refractivity contribution in [2.75, 3.05) is 13.7 Å². The van der Waals surface area contributed by atoms with Crippen LogP contribution in [0.4, 0.5) is 0 Å². The molecule has 19 heavy (non-hydrogen) atoms. The van der Waals surface area contributed by atoms with Gasteiger partial charge >= 0.3 is 0 Å². The SMILES string of the molecule is C#Cc1cc(-c2cccc(OCC)c2)ccc1OC. The fourth-order valence-corrected chi connectivity index (χ4v) is 1.93. The molecule has 0 aromatic heterocycles. The van der Waals surface area contributed by atoms with Crippen molar-refractivity contribution in [3.05, 3.63) is 48.0 Å². The first-order chi connectivity index (χ1) is 9.28. The van der Waals surface area contributed by atoms with Crippen LogP contribution in [-0.2, 0) is 0 Å². The lowest BCUT2D eigenvalue weighted by molar-refractivity contribution is 0.340. The van der Waals surface area contributed by atoms with Gasteiger partial charge in [-0.15, -0.1) is 6.42 Å². The highest BCUT2D eigenvalue weighted by atomic mass is 16.5. The zero-order valence-corrected chi connectivity index (χ0v) is 11.1. The predicted octanol–water partition coefficient (Wildman–Crippen LogP) is 3.74. The summed E-state index contributed by atoms with van der Waals surface area (Å²) >= 11 is 0. The summed E-state index contributed by atoms with van der Waals surface area (Å²) in [5.41, 5.74) is 2.88. The van der Waals surface area contributed by atoms with Gasteiger partial charge in [0.05, 0.1) is 19.3 Å². The van der Waals surface area contributed by atoms with E-state index in [0.29, 0.717) is 12.4 Å². The van der Waals surface area contributed by atoms with E-state index in [0.717, 1.165) is 22.4 Å². The zero-order valence-electron chi connectivity index (χ0n) is 11.1. The van der Waals surface area contributed by atoms with E-state index < -0.39 is 0 Å². The van der Waals surface area contributed by atoms with E-state index in [9.17, 15) is 0 Å². The van der Waals surface area contributed by atoms with Crippen LogP contribution >= 0.6 is 0 Å². The first-order valence-corrected chi connectivity index (χ1v) is 6.16. The maximum atomic E-state index is 5.50. The first-order valence-electron chi connectivity index (χ1n) is 6.16. The number of methoxy groups -OCH3 is 1. The van der Waals surface area contributed by atoms with Crippen molar-refractivity contribution in [3.63, 3.8) is 0 Å². The zero-order chi connectivity index (χ0) is 13.7. The molecule has 0 aliphatic carbocycles. The Morgan fingerprint density at radius 1 is 1.11 bits per heavy atom. The van der Waals surface area contributed by atoms with Crippen molar-refractivity contribution in [1.29, 1.82) is 0 Å². The van der Waals surface area contributed by atoms with Crippen LogP contribution in [0.25, 0.3) is 11.1 Å². The van der Waals surface area contributed by atoms with Crippen molar-refractivity contribution in [2.24, 2.45) is 0 Å². The van der Waals surface area contributed by atoms with E-state index in [2.05, 4.69) is 5.92 Å². The molecule has 2 nitrogen and oxygen atoms in total. The molecule has 2 aromatic carbocycles. The highest BCUT2D eigenvalue weighted by Crippen LogP contribution is 2.28. The van der Waals surface area contributed by atoms with Gasteiger partial charge in [-0.05, 0) is 42.3 Å². The quantitative estimate of drug-likeness (QED) is 0.772. The smallest absolute Gasteiger partial charge is 0.134 e. The Kier molecular flexibility index (Phi) is 4.10. The monoisotopic (exact) mass is 252 g/mol. The van der Waals surface area contributed by atoms with Gasteiger partial charge in [0.1, 0.15) is 11.5 Å². The molecule has 2 rings (SSSR count). The summed E-state index contributed by atoms with van der Waals surface area (Å²) in [4.78, 5) is 0. The fourth-order valence-electron chi connectivity index (χ4n) is 1.93. The molecule has 0 aliphatic heterocycles. The molecule has 0 fully saturated rings. The third kappa shape index (κ3) is 2.89. The second kappa shape index (κ2) is 5.97. The predicted molar refractivity (Wildman–Crippen MR) is 77.5 cm³/mol. The molecule has 2 aromatic rings. The summed E-state index contributed by atoms with van der Waals surface area (Å²) in [6.45, 7) is 2.62. The van der Waals surface area contributed by atoms with Crippen LogP contribution in [-0.4, -0.2) is 13.7 Å². The Morgan fingerprint density at radius 2 is 1.89 bits per heavy atom. The van der Waals surface area contributed by atoms with Crippen molar-refractivity contribution < 1.29 is 9.47 Å². The largest absolute Gasteiger partial charge is 0.495 e. The lowest BCUT2D eigenvalue weighted by Gasteiger charge is -2.09. The van der Waals surface area contributed by atoms with Crippen LogP contribution in [0.15, 0.2) is 42.5 Å². The van der Waals surface area contributed by atoms with Crippen LogP contribution in [0.1, 0.15) is 12.5 Å². The van der Waals surface area contributed by atoms with Gasteiger partial charge in [0.25, 0.3) is 0 Å². The van der Waals surface area contributed by atoms with Crippen molar-refractivity contribution in [1.82, 2.24) is 0 Å². The molecule has 0 spiro atoms. The van der Waals surface area contributed by atoms with Gasteiger partial charge in [-0.3, -0.25) is 0 Å². The van der Waals surface area contributed by atoms with Gasteiger partial charge in [0.15, 0.2) is 0 Å². The van der Waals surface area contributed by atoms with E-state index in [1.165, 1.54) is 0 Å². The molecule has 0 heterocycles. The Balaban J connectivity index is 2.42. The number of rotatable bonds is 4. The molecule has 0 amide bonds. The second-order valence-electron chi connectivity index (χ2n) is 4.02. The van der Waals surface area contributed by atoms with Crippen LogP contribution in [0, 0.1) is 12.3 Å². The molecular formula is C17H16O2. The summed E-state index contributed by atoms with van der Waals surface area (Å²) in [7, 11) is 1.62. The van der Waals surface area contributed by atoms with Gasteiger partial charge in [-0.1, -0.05) is 24.1 Å². The first kappa shape index (κ1) is 13.0. The minimum absolute atomic E-state index is 0.654. The normalized spacial score (nSPS) is 9.74. The van der Waals surface area contributed by atoms with Crippen LogP contribution < -0.4 is 9.47 Å². The number of ether oxygens (including phenoxy) is 2. The molecule has 0 N–H and O–H groups in total. The van der Waals surface area contributed by atoms with Crippen LogP contribution in [0.3, 0.4) is 0 Å². The van der Waals surface area contributed by atoms with E-state index in [1.54, 1.807) is 7.11 Å². The average Bonchev–Trinajstić information content (AvgIpc) is 2.47. The molecule has 0 saturated carbocycles. The molecule has 0 aliphatic rings. The number of terminal acetylenes is 1. The molecular weight excluding hydrogens is 236 g/mol. The van der Waals surface area contributed by atoms with Gasteiger partial charge in [-0.25, -0.2) is 0 Å². The highest BCUT2D eigenvalue weighted by Gasteiger charge is 2.05. The van der Waals surface area contributed by atoms with Crippen molar-refractivity contribution in [2.45, 2.75) is 6.92 Å². The van der Waals surface area contributed by atoms with Crippen LogP contribution in [0.2, 0.25) is 0 Å². The standard InChI is InChI=1S/C17H16O2/c1-4-13-11-15(9-10-17(13)18-3)14-7-6-8-16(12-14)19-5-2/h1,6-12H,5H2,2-3H3. The average molecular weight is 252 g/mol. The van der Waals surface area contributed by atoms with Gasteiger partial charge in [-0.2, -0.15) is 0 Å². The molecule has 0 bridgehead atoms. The maximum Gasteiger partial charge on any atom is 0.134 e. The number of benzene rings is 2. The van der Waals surface area contributed by atoms with Crippen LogP contribution in [0.5, 0.6) is 11.5 Å². The third-order valence-corrected chi connectivity index (χ3v) is 2.83. The molecule has 0 unspecified atom stereocenters. The van der Waals surface area contributed by atoms with Crippen molar-refractivity contribution in [3.8, 4) is 35.0 Å². The lowest BCUT2D eigenvalue weighted by Crippen LogP contribution is -1.92. The Labute approximate surface area is 114 Å². The minimum Gasteiger partial charge on any atom is -0.495 e. The molecule has 96 valence electrons. The molecule has 0 saturated heterocycles. The minimum atomic E-state index is 0.654. The van der Waals surface area contributed by atoms with E-state index in [-0.39, 0.29) is 0 Å². The fraction of sp³-hybridized carbons (Fsp3) is 0.176. The van der Waals surface area contributed by atoms with E-state index in [4.69, 9.17) is 15.9 Å². The topological polar surface area (TPSA) is 18.5 Å². The van der Waals surface area contributed by atoms with Gasteiger partial charge < -0.3 is 9.47 Å². The molecule has 0 radical (unpaired) electrons. The Bertz CT molecular complexity index is 609. The summed E-state index contributed by atoms with van der Waals surface area (Å²) in [6.07, 6.45) is 5.50. The summed E-state index contributed by atoms with van der Waals surface area (Å²) < 4.78 is 10.7. The van der Waals surface area contributed by atoms with Gasteiger partial charge in [0, 0.05) is 0 Å².